The average molecular weight is 452 g/mol. The van der Waals surface area contributed by atoms with Gasteiger partial charge in [0, 0.05) is 18.2 Å². The van der Waals surface area contributed by atoms with Gasteiger partial charge in [-0.25, -0.2) is 18.5 Å². The molecule has 0 aliphatic carbocycles. The van der Waals surface area contributed by atoms with Crippen molar-refractivity contribution in [1.82, 2.24) is 9.97 Å². The summed E-state index contributed by atoms with van der Waals surface area (Å²) in [4.78, 5) is 8.58. The third-order valence-electron chi connectivity index (χ3n) is 4.33. The van der Waals surface area contributed by atoms with Crippen LogP contribution in [0, 0.1) is 6.92 Å². The fourth-order valence-corrected chi connectivity index (χ4v) is 3.69. The normalized spacial score (nSPS) is 11.4. The number of sulfonamides is 1. The number of rotatable bonds is 6. The van der Waals surface area contributed by atoms with E-state index in [2.05, 4.69) is 15.3 Å². The summed E-state index contributed by atoms with van der Waals surface area (Å²) in [5, 5.41) is 9.25. The van der Waals surface area contributed by atoms with Crippen LogP contribution in [0.3, 0.4) is 0 Å². The van der Waals surface area contributed by atoms with E-state index in [-0.39, 0.29) is 10.8 Å². The molecular formula is C19H19Cl2N5O2S. The van der Waals surface area contributed by atoms with E-state index in [1.165, 1.54) is 12.1 Å². The summed E-state index contributed by atoms with van der Waals surface area (Å²) in [6.45, 7) is 2.42. The molecule has 5 N–H and O–H groups in total. The second-order valence-electron chi connectivity index (χ2n) is 6.40. The van der Waals surface area contributed by atoms with Crippen molar-refractivity contribution in [2.24, 2.45) is 5.14 Å². The van der Waals surface area contributed by atoms with Crippen LogP contribution in [-0.4, -0.2) is 24.9 Å². The van der Waals surface area contributed by atoms with E-state index >= 15 is 0 Å². The van der Waals surface area contributed by atoms with Gasteiger partial charge in [-0.3, -0.25) is 0 Å². The van der Waals surface area contributed by atoms with E-state index in [0.29, 0.717) is 34.5 Å². The van der Waals surface area contributed by atoms with E-state index in [1.807, 2.05) is 13.0 Å². The Kier molecular flexibility index (Phi) is 6.28. The summed E-state index contributed by atoms with van der Waals surface area (Å²) in [6, 6.07) is 11.7. The highest BCUT2D eigenvalue weighted by atomic mass is 35.5. The molecule has 3 rings (SSSR count). The van der Waals surface area contributed by atoms with E-state index in [4.69, 9.17) is 34.1 Å². The molecule has 2 aromatic carbocycles. The number of nitrogens with two attached hydrogens (primary N) is 2. The number of hydrogen-bond acceptors (Lipinski definition) is 6. The Morgan fingerprint density at radius 3 is 2.41 bits per heavy atom. The fraction of sp³-hybridized carbons (Fsp3) is 0.158. The van der Waals surface area contributed by atoms with Gasteiger partial charge in [-0.05, 0) is 42.7 Å². The van der Waals surface area contributed by atoms with E-state index in [9.17, 15) is 8.42 Å². The van der Waals surface area contributed by atoms with Crippen LogP contribution in [0.5, 0.6) is 0 Å². The van der Waals surface area contributed by atoms with Gasteiger partial charge in [-0.1, -0.05) is 41.4 Å². The first-order valence-electron chi connectivity index (χ1n) is 8.60. The molecule has 0 atom stereocenters. The molecule has 152 valence electrons. The number of nitrogen functional groups attached to an aromatic ring is 1. The van der Waals surface area contributed by atoms with Crippen LogP contribution in [0.2, 0.25) is 10.0 Å². The summed E-state index contributed by atoms with van der Waals surface area (Å²) in [6.07, 6.45) is 0.649. The van der Waals surface area contributed by atoms with Crippen molar-refractivity contribution in [3.8, 4) is 11.3 Å². The fourth-order valence-electron chi connectivity index (χ4n) is 2.80. The molecule has 0 unspecified atom stereocenters. The molecule has 29 heavy (non-hydrogen) atoms. The zero-order chi connectivity index (χ0) is 21.2. The number of nitrogens with one attached hydrogen (secondary N) is 1. The van der Waals surface area contributed by atoms with Gasteiger partial charge in [0.25, 0.3) is 0 Å². The quantitative estimate of drug-likeness (QED) is 0.525. The molecule has 0 radical (unpaired) electrons. The van der Waals surface area contributed by atoms with Crippen molar-refractivity contribution in [3.05, 3.63) is 63.6 Å². The maximum absolute atomic E-state index is 11.3. The molecule has 0 amide bonds. The Morgan fingerprint density at radius 1 is 1.07 bits per heavy atom. The average Bonchev–Trinajstić information content (AvgIpc) is 2.65. The lowest BCUT2D eigenvalue weighted by molar-refractivity contribution is 0.598. The number of benzene rings is 2. The SMILES string of the molecule is Cc1c(-c2cc(NCCc3ccc(S(N)(=O)=O)cc3)nc(N)n2)ccc(Cl)c1Cl. The van der Waals surface area contributed by atoms with Gasteiger partial charge in [0.15, 0.2) is 0 Å². The van der Waals surface area contributed by atoms with Crippen LogP contribution in [0.1, 0.15) is 11.1 Å². The number of anilines is 2. The largest absolute Gasteiger partial charge is 0.370 e. The van der Waals surface area contributed by atoms with E-state index in [0.717, 1.165) is 16.7 Å². The Labute approximate surface area is 179 Å². The molecular weight excluding hydrogens is 433 g/mol. The Hall–Kier alpha value is -2.39. The van der Waals surface area contributed by atoms with Crippen LogP contribution in [0.25, 0.3) is 11.3 Å². The minimum absolute atomic E-state index is 0.0828. The van der Waals surface area contributed by atoms with Crippen LogP contribution in [-0.2, 0) is 16.4 Å². The maximum Gasteiger partial charge on any atom is 0.238 e. The number of nitrogens with zero attached hydrogens (tertiary/aromatic N) is 2. The lowest BCUT2D eigenvalue weighted by Crippen LogP contribution is -2.12. The van der Waals surface area contributed by atoms with Gasteiger partial charge < -0.3 is 11.1 Å². The highest BCUT2D eigenvalue weighted by Gasteiger charge is 2.12. The van der Waals surface area contributed by atoms with Crippen molar-refractivity contribution in [3.63, 3.8) is 0 Å². The van der Waals surface area contributed by atoms with Crippen molar-refractivity contribution in [2.45, 2.75) is 18.2 Å². The van der Waals surface area contributed by atoms with Crippen molar-refractivity contribution < 1.29 is 8.42 Å². The van der Waals surface area contributed by atoms with Crippen LogP contribution in [0.4, 0.5) is 11.8 Å². The van der Waals surface area contributed by atoms with Gasteiger partial charge in [0.1, 0.15) is 5.82 Å². The third kappa shape index (κ3) is 5.16. The Morgan fingerprint density at radius 2 is 1.76 bits per heavy atom. The maximum atomic E-state index is 11.3. The first-order valence-corrected chi connectivity index (χ1v) is 10.9. The van der Waals surface area contributed by atoms with Gasteiger partial charge in [0.05, 0.1) is 20.6 Å². The predicted octanol–water partition coefficient (Wildman–Crippen LogP) is 3.64. The molecule has 7 nitrogen and oxygen atoms in total. The highest BCUT2D eigenvalue weighted by molar-refractivity contribution is 7.89. The van der Waals surface area contributed by atoms with Gasteiger partial charge in [0.2, 0.25) is 16.0 Å². The lowest BCUT2D eigenvalue weighted by atomic mass is 10.1. The molecule has 1 heterocycles. The van der Waals surface area contributed by atoms with Crippen LogP contribution >= 0.6 is 23.2 Å². The summed E-state index contributed by atoms with van der Waals surface area (Å²) in [5.74, 6) is 0.701. The van der Waals surface area contributed by atoms with Gasteiger partial charge >= 0.3 is 0 Å². The molecule has 0 bridgehead atoms. The molecule has 0 aliphatic heterocycles. The highest BCUT2D eigenvalue weighted by Crippen LogP contribution is 2.33. The molecule has 10 heteroatoms. The summed E-state index contributed by atoms with van der Waals surface area (Å²) in [7, 11) is -3.69. The Balaban J connectivity index is 1.73. The summed E-state index contributed by atoms with van der Waals surface area (Å²) in [5.41, 5.74) is 9.07. The molecule has 0 saturated carbocycles. The molecule has 0 saturated heterocycles. The first kappa shape index (κ1) is 21.3. The smallest absolute Gasteiger partial charge is 0.238 e. The van der Waals surface area contributed by atoms with E-state index < -0.39 is 10.0 Å². The molecule has 0 aliphatic rings. The zero-order valence-electron chi connectivity index (χ0n) is 15.5. The minimum atomic E-state index is -3.69. The van der Waals surface area contributed by atoms with Crippen LogP contribution in [0.15, 0.2) is 47.4 Å². The van der Waals surface area contributed by atoms with Crippen molar-refractivity contribution in [2.75, 3.05) is 17.6 Å². The third-order valence-corrected chi connectivity index (χ3v) is 6.16. The molecule has 0 fully saturated rings. The molecule has 1 aromatic heterocycles. The van der Waals surface area contributed by atoms with Gasteiger partial charge in [-0.15, -0.1) is 0 Å². The summed E-state index contributed by atoms with van der Waals surface area (Å²) >= 11 is 12.3. The van der Waals surface area contributed by atoms with Crippen molar-refractivity contribution >= 4 is 45.0 Å². The van der Waals surface area contributed by atoms with Crippen molar-refractivity contribution in [1.29, 1.82) is 0 Å². The Bertz CT molecular complexity index is 1150. The predicted molar refractivity (Wildman–Crippen MR) is 117 cm³/mol. The second-order valence-corrected chi connectivity index (χ2v) is 8.74. The second kappa shape index (κ2) is 8.54. The molecule has 0 spiro atoms. The van der Waals surface area contributed by atoms with Crippen LogP contribution < -0.4 is 16.2 Å². The number of primary sulfonamides is 1. The first-order chi connectivity index (χ1) is 13.6. The van der Waals surface area contributed by atoms with Gasteiger partial charge in [-0.2, -0.15) is 4.98 Å². The monoisotopic (exact) mass is 451 g/mol. The lowest BCUT2D eigenvalue weighted by Gasteiger charge is -2.12. The summed E-state index contributed by atoms with van der Waals surface area (Å²) < 4.78 is 22.6. The zero-order valence-corrected chi connectivity index (χ0v) is 17.8. The minimum Gasteiger partial charge on any atom is -0.370 e. The number of halogens is 2. The van der Waals surface area contributed by atoms with E-state index in [1.54, 1.807) is 24.3 Å². The molecule has 3 aromatic rings. The number of aromatic nitrogens is 2. The number of hydrogen-bond donors (Lipinski definition) is 3. The standard InChI is InChI=1S/C19H19Cl2N5O2S/c1-11-14(6-7-15(20)18(11)21)16-10-17(26-19(22)25-16)24-9-8-12-2-4-13(5-3-12)29(23,27)28/h2-7,10H,8-9H2,1H3,(H2,23,27,28)(H3,22,24,25,26). The topological polar surface area (TPSA) is 124 Å².